The first-order valence-electron chi connectivity index (χ1n) is 4.60. The molecule has 1 aromatic carbocycles. The number of hydrogen-bond donors (Lipinski definition) is 4. The van der Waals surface area contributed by atoms with Gasteiger partial charge in [-0.3, -0.25) is 0 Å². The van der Waals surface area contributed by atoms with E-state index in [1.165, 1.54) is 0 Å². The molecule has 0 aliphatic carbocycles. The van der Waals surface area contributed by atoms with Crippen molar-refractivity contribution in [1.29, 1.82) is 0 Å². The van der Waals surface area contributed by atoms with Crippen molar-refractivity contribution in [3.05, 3.63) is 11.1 Å². The molecule has 0 unspecified atom stereocenters. The van der Waals surface area contributed by atoms with Crippen LogP contribution in [-0.4, -0.2) is 0 Å². The predicted molar refractivity (Wildman–Crippen MR) is 62.9 cm³/mol. The van der Waals surface area contributed by atoms with E-state index in [0.29, 0.717) is 22.7 Å². The summed E-state index contributed by atoms with van der Waals surface area (Å²) < 4.78 is 0. The Kier molecular flexibility index (Phi) is 2.47. The monoisotopic (exact) mass is 194 g/mol. The van der Waals surface area contributed by atoms with Crippen LogP contribution in [0.5, 0.6) is 0 Å². The molecule has 8 N–H and O–H groups in total. The standard InChI is InChI=1S/C10H18N4/c1-4(2)6-7(11)5(3)8(12)10(14)9(6)13/h4H,11-14H2,1-3H3. The zero-order chi connectivity index (χ0) is 11.0. The zero-order valence-corrected chi connectivity index (χ0v) is 8.89. The Morgan fingerprint density at radius 1 is 0.786 bits per heavy atom. The largest absolute Gasteiger partial charge is 0.398 e. The minimum absolute atomic E-state index is 0.247. The zero-order valence-electron chi connectivity index (χ0n) is 8.89. The smallest absolute Gasteiger partial charge is 0.0788 e. The van der Waals surface area contributed by atoms with Gasteiger partial charge in [-0.2, -0.15) is 0 Å². The van der Waals surface area contributed by atoms with Gasteiger partial charge in [0.2, 0.25) is 0 Å². The van der Waals surface area contributed by atoms with Crippen molar-refractivity contribution in [2.75, 3.05) is 22.9 Å². The summed E-state index contributed by atoms with van der Waals surface area (Å²) in [5.41, 5.74) is 27.2. The Balaban J connectivity index is 3.60. The minimum atomic E-state index is 0.247. The minimum Gasteiger partial charge on any atom is -0.398 e. The van der Waals surface area contributed by atoms with Crippen LogP contribution in [0.2, 0.25) is 0 Å². The average molecular weight is 194 g/mol. The Morgan fingerprint density at radius 2 is 1.29 bits per heavy atom. The van der Waals surface area contributed by atoms with E-state index in [1.807, 2.05) is 20.8 Å². The molecular formula is C10H18N4. The van der Waals surface area contributed by atoms with Crippen molar-refractivity contribution in [2.45, 2.75) is 26.7 Å². The molecule has 4 nitrogen and oxygen atoms in total. The molecule has 0 fully saturated rings. The number of nitrogens with two attached hydrogens (primary N) is 4. The van der Waals surface area contributed by atoms with Crippen LogP contribution in [0.25, 0.3) is 0 Å². The van der Waals surface area contributed by atoms with Crippen LogP contribution in [0, 0.1) is 6.92 Å². The van der Waals surface area contributed by atoms with Gasteiger partial charge in [-0.15, -0.1) is 0 Å². The molecule has 0 radical (unpaired) electrons. The predicted octanol–water partition coefficient (Wildman–Crippen LogP) is 1.45. The first kappa shape index (κ1) is 10.5. The second-order valence-corrected chi connectivity index (χ2v) is 3.85. The summed E-state index contributed by atoms with van der Waals surface area (Å²) >= 11 is 0. The maximum Gasteiger partial charge on any atom is 0.0788 e. The number of benzene rings is 1. The fraction of sp³-hybridized carbons (Fsp3) is 0.400. The lowest BCUT2D eigenvalue weighted by molar-refractivity contribution is 0.872. The number of rotatable bonds is 1. The van der Waals surface area contributed by atoms with Crippen LogP contribution in [0.15, 0.2) is 0 Å². The second-order valence-electron chi connectivity index (χ2n) is 3.85. The highest BCUT2D eigenvalue weighted by Gasteiger charge is 2.16. The summed E-state index contributed by atoms with van der Waals surface area (Å²) in [7, 11) is 0. The Bertz CT molecular complexity index is 340. The molecule has 0 saturated heterocycles. The summed E-state index contributed by atoms with van der Waals surface area (Å²) in [4.78, 5) is 0. The van der Waals surface area contributed by atoms with Crippen LogP contribution in [0.4, 0.5) is 22.7 Å². The molecule has 0 bridgehead atoms. The lowest BCUT2D eigenvalue weighted by Crippen LogP contribution is -2.10. The van der Waals surface area contributed by atoms with Gasteiger partial charge in [0.15, 0.2) is 0 Å². The Morgan fingerprint density at radius 3 is 1.71 bits per heavy atom. The first-order valence-corrected chi connectivity index (χ1v) is 4.60. The van der Waals surface area contributed by atoms with Crippen molar-refractivity contribution in [3.8, 4) is 0 Å². The molecule has 0 heterocycles. The average Bonchev–Trinajstić information content (AvgIpc) is 2.11. The van der Waals surface area contributed by atoms with E-state index >= 15 is 0 Å². The molecule has 0 aromatic heterocycles. The van der Waals surface area contributed by atoms with Gasteiger partial charge < -0.3 is 22.9 Å². The van der Waals surface area contributed by atoms with Crippen molar-refractivity contribution < 1.29 is 0 Å². The van der Waals surface area contributed by atoms with Gasteiger partial charge in [0.1, 0.15) is 0 Å². The topological polar surface area (TPSA) is 104 Å². The van der Waals surface area contributed by atoms with E-state index in [2.05, 4.69) is 0 Å². The highest BCUT2D eigenvalue weighted by atomic mass is 14.8. The third-order valence-electron chi connectivity index (χ3n) is 2.55. The molecule has 1 rings (SSSR count). The number of nitrogen functional groups attached to an aromatic ring is 4. The SMILES string of the molecule is Cc1c(N)c(N)c(N)c(C(C)C)c1N. The summed E-state index contributed by atoms with van der Waals surface area (Å²) in [6.07, 6.45) is 0. The van der Waals surface area contributed by atoms with Crippen LogP contribution in [0.3, 0.4) is 0 Å². The quantitative estimate of drug-likeness (QED) is 0.508. The van der Waals surface area contributed by atoms with Crippen LogP contribution < -0.4 is 22.9 Å². The summed E-state index contributed by atoms with van der Waals surface area (Å²) in [5.74, 6) is 0.247. The van der Waals surface area contributed by atoms with Gasteiger partial charge in [-0.1, -0.05) is 13.8 Å². The van der Waals surface area contributed by atoms with Crippen LogP contribution >= 0.6 is 0 Å². The molecule has 4 heteroatoms. The molecule has 78 valence electrons. The molecule has 0 aliphatic rings. The molecule has 0 saturated carbocycles. The highest BCUT2D eigenvalue weighted by Crippen LogP contribution is 2.39. The van der Waals surface area contributed by atoms with E-state index in [1.54, 1.807) is 0 Å². The van der Waals surface area contributed by atoms with E-state index in [4.69, 9.17) is 22.9 Å². The lowest BCUT2D eigenvalue weighted by atomic mass is 9.94. The van der Waals surface area contributed by atoms with Gasteiger partial charge in [-0.25, -0.2) is 0 Å². The third-order valence-corrected chi connectivity index (χ3v) is 2.55. The first-order chi connectivity index (χ1) is 6.37. The van der Waals surface area contributed by atoms with Gasteiger partial charge in [0, 0.05) is 11.3 Å². The van der Waals surface area contributed by atoms with Gasteiger partial charge >= 0.3 is 0 Å². The Labute approximate surface area is 84.3 Å². The molecule has 1 aromatic rings. The van der Waals surface area contributed by atoms with Crippen LogP contribution in [0.1, 0.15) is 30.9 Å². The molecular weight excluding hydrogens is 176 g/mol. The van der Waals surface area contributed by atoms with Crippen molar-refractivity contribution in [1.82, 2.24) is 0 Å². The van der Waals surface area contributed by atoms with E-state index in [-0.39, 0.29) is 5.92 Å². The lowest BCUT2D eigenvalue weighted by Gasteiger charge is -2.19. The fourth-order valence-electron chi connectivity index (χ4n) is 1.61. The Hall–Kier alpha value is -1.58. The number of hydrogen-bond acceptors (Lipinski definition) is 4. The van der Waals surface area contributed by atoms with Gasteiger partial charge in [-0.05, 0) is 18.4 Å². The molecule has 0 aliphatic heterocycles. The van der Waals surface area contributed by atoms with Crippen molar-refractivity contribution in [2.24, 2.45) is 0 Å². The normalized spacial score (nSPS) is 10.9. The second kappa shape index (κ2) is 3.29. The van der Waals surface area contributed by atoms with E-state index < -0.39 is 0 Å². The number of anilines is 4. The van der Waals surface area contributed by atoms with Crippen molar-refractivity contribution >= 4 is 22.7 Å². The summed E-state index contributed by atoms with van der Waals surface area (Å²) in [6, 6.07) is 0. The third kappa shape index (κ3) is 1.32. The van der Waals surface area contributed by atoms with Gasteiger partial charge in [0.25, 0.3) is 0 Å². The fourth-order valence-corrected chi connectivity index (χ4v) is 1.61. The summed E-state index contributed by atoms with van der Waals surface area (Å²) in [5, 5.41) is 0. The molecule has 0 amide bonds. The molecule has 0 atom stereocenters. The maximum absolute atomic E-state index is 5.94. The highest BCUT2D eigenvalue weighted by molar-refractivity contribution is 5.88. The maximum atomic E-state index is 5.94. The van der Waals surface area contributed by atoms with Crippen molar-refractivity contribution in [3.63, 3.8) is 0 Å². The molecule has 0 spiro atoms. The van der Waals surface area contributed by atoms with Gasteiger partial charge in [0.05, 0.1) is 17.1 Å². The summed E-state index contributed by atoms with van der Waals surface area (Å²) in [6.45, 7) is 5.90. The van der Waals surface area contributed by atoms with Crippen LogP contribution in [-0.2, 0) is 0 Å². The van der Waals surface area contributed by atoms with E-state index in [0.717, 1.165) is 11.1 Å². The molecule has 14 heavy (non-hydrogen) atoms. The van der Waals surface area contributed by atoms with E-state index in [9.17, 15) is 0 Å².